The van der Waals surface area contributed by atoms with Crippen LogP contribution in [0.1, 0.15) is 44.1 Å². The van der Waals surface area contributed by atoms with Crippen molar-refractivity contribution < 1.29 is 4.39 Å². The van der Waals surface area contributed by atoms with E-state index in [0.717, 1.165) is 29.4 Å². The zero-order chi connectivity index (χ0) is 12.3. The maximum absolute atomic E-state index is 13.8. The Morgan fingerprint density at radius 1 is 1.41 bits per heavy atom. The average Bonchev–Trinajstić information content (AvgIpc) is 2.33. The first kappa shape index (κ1) is 13.0. The highest BCUT2D eigenvalue weighted by Crippen LogP contribution is 2.35. The Morgan fingerprint density at radius 3 is 3.00 bits per heavy atom. The molecule has 17 heavy (non-hydrogen) atoms. The lowest BCUT2D eigenvalue weighted by molar-refractivity contribution is 0.339. The van der Waals surface area contributed by atoms with Crippen molar-refractivity contribution in [2.24, 2.45) is 0 Å². The van der Waals surface area contributed by atoms with Gasteiger partial charge in [0.05, 0.1) is 0 Å². The average molecular weight is 300 g/mol. The van der Waals surface area contributed by atoms with Gasteiger partial charge in [-0.05, 0) is 55.5 Å². The Labute approximate surface area is 111 Å². The quantitative estimate of drug-likeness (QED) is 0.881. The molecule has 3 heteroatoms. The normalized spacial score (nSPS) is 24.9. The van der Waals surface area contributed by atoms with Gasteiger partial charge in [0.2, 0.25) is 0 Å². The molecule has 1 N–H and O–H groups in total. The monoisotopic (exact) mass is 299 g/mol. The van der Waals surface area contributed by atoms with Gasteiger partial charge in [0, 0.05) is 10.5 Å². The Morgan fingerprint density at radius 2 is 2.24 bits per heavy atom. The first-order valence-corrected chi connectivity index (χ1v) is 7.18. The second-order valence-corrected chi connectivity index (χ2v) is 5.70. The van der Waals surface area contributed by atoms with Gasteiger partial charge < -0.3 is 5.32 Å². The molecule has 2 unspecified atom stereocenters. The first-order valence-electron chi connectivity index (χ1n) is 6.39. The fourth-order valence-corrected chi connectivity index (χ4v) is 3.15. The summed E-state index contributed by atoms with van der Waals surface area (Å²) in [6, 6.07) is 5.82. The second-order valence-electron chi connectivity index (χ2n) is 4.78. The predicted octanol–water partition coefficient (Wildman–Crippen LogP) is 4.22. The van der Waals surface area contributed by atoms with Crippen molar-refractivity contribution in [3.63, 3.8) is 0 Å². The number of nitrogens with one attached hydrogen (secondary N) is 1. The number of benzene rings is 1. The van der Waals surface area contributed by atoms with E-state index < -0.39 is 0 Å². The van der Waals surface area contributed by atoms with Crippen LogP contribution in [0.15, 0.2) is 22.7 Å². The van der Waals surface area contributed by atoms with Crippen molar-refractivity contribution in [1.29, 1.82) is 0 Å². The Balaban J connectivity index is 2.13. The molecule has 1 saturated carbocycles. The zero-order valence-corrected chi connectivity index (χ0v) is 11.8. The van der Waals surface area contributed by atoms with Gasteiger partial charge in [-0.1, -0.05) is 29.3 Å². The summed E-state index contributed by atoms with van der Waals surface area (Å²) in [6.45, 7) is 3.13. The minimum atomic E-state index is -0.0599. The van der Waals surface area contributed by atoms with E-state index in [1.165, 1.54) is 12.8 Å². The third-order valence-corrected chi connectivity index (χ3v) is 4.06. The van der Waals surface area contributed by atoms with E-state index in [2.05, 4.69) is 28.2 Å². The van der Waals surface area contributed by atoms with Crippen LogP contribution in [0.25, 0.3) is 0 Å². The molecule has 0 saturated heterocycles. The summed E-state index contributed by atoms with van der Waals surface area (Å²) in [5.41, 5.74) is 0.877. The van der Waals surface area contributed by atoms with Gasteiger partial charge in [0.25, 0.3) is 0 Å². The Hall–Kier alpha value is -0.410. The minimum absolute atomic E-state index is 0.0599. The second kappa shape index (κ2) is 5.96. The minimum Gasteiger partial charge on any atom is -0.314 e. The Kier molecular flexibility index (Phi) is 4.57. The van der Waals surface area contributed by atoms with Gasteiger partial charge in [0.15, 0.2) is 0 Å². The van der Waals surface area contributed by atoms with E-state index in [-0.39, 0.29) is 5.82 Å². The lowest BCUT2D eigenvalue weighted by atomic mass is 9.81. The van der Waals surface area contributed by atoms with Crippen LogP contribution in [0.4, 0.5) is 4.39 Å². The smallest absolute Gasteiger partial charge is 0.126 e. The van der Waals surface area contributed by atoms with Crippen LogP contribution >= 0.6 is 15.9 Å². The molecule has 1 fully saturated rings. The molecule has 94 valence electrons. The molecule has 0 bridgehead atoms. The molecular formula is C14H19BrFN. The SMILES string of the molecule is CCNC1CCCC(c2cc(Br)ccc2F)C1. The molecule has 2 atom stereocenters. The molecule has 1 nitrogen and oxygen atoms in total. The highest BCUT2D eigenvalue weighted by molar-refractivity contribution is 9.10. The van der Waals surface area contributed by atoms with Crippen LogP contribution in [0.2, 0.25) is 0 Å². The molecule has 0 aromatic heterocycles. The largest absolute Gasteiger partial charge is 0.314 e. The zero-order valence-electron chi connectivity index (χ0n) is 10.2. The van der Waals surface area contributed by atoms with Crippen LogP contribution < -0.4 is 5.32 Å². The van der Waals surface area contributed by atoms with E-state index in [4.69, 9.17) is 0 Å². The summed E-state index contributed by atoms with van der Waals surface area (Å²) in [7, 11) is 0. The highest BCUT2D eigenvalue weighted by atomic mass is 79.9. The van der Waals surface area contributed by atoms with Crippen molar-refractivity contribution in [2.75, 3.05) is 6.54 Å². The molecule has 0 amide bonds. The number of hydrogen-bond donors (Lipinski definition) is 1. The third-order valence-electron chi connectivity index (χ3n) is 3.56. The molecule has 1 aliphatic carbocycles. The molecule has 1 aromatic carbocycles. The van der Waals surface area contributed by atoms with Crippen LogP contribution in [-0.4, -0.2) is 12.6 Å². The summed E-state index contributed by atoms with van der Waals surface area (Å²) < 4.78 is 14.8. The maximum Gasteiger partial charge on any atom is 0.126 e. The molecule has 1 aliphatic rings. The molecule has 0 radical (unpaired) electrons. The van der Waals surface area contributed by atoms with Crippen molar-refractivity contribution in [3.8, 4) is 0 Å². The van der Waals surface area contributed by atoms with Gasteiger partial charge in [-0.3, -0.25) is 0 Å². The van der Waals surface area contributed by atoms with E-state index in [1.54, 1.807) is 12.1 Å². The molecule has 0 heterocycles. The van der Waals surface area contributed by atoms with Gasteiger partial charge in [-0.2, -0.15) is 0 Å². The molecular weight excluding hydrogens is 281 g/mol. The van der Waals surface area contributed by atoms with Crippen LogP contribution in [0.3, 0.4) is 0 Å². The lowest BCUT2D eigenvalue weighted by Gasteiger charge is -2.30. The van der Waals surface area contributed by atoms with Crippen LogP contribution in [-0.2, 0) is 0 Å². The van der Waals surface area contributed by atoms with Crippen molar-refractivity contribution >= 4 is 15.9 Å². The first-order chi connectivity index (χ1) is 8.20. The van der Waals surface area contributed by atoms with Gasteiger partial charge >= 0.3 is 0 Å². The summed E-state index contributed by atoms with van der Waals surface area (Å²) in [6.07, 6.45) is 4.57. The summed E-state index contributed by atoms with van der Waals surface area (Å²) in [5.74, 6) is 0.306. The van der Waals surface area contributed by atoms with Gasteiger partial charge in [-0.25, -0.2) is 4.39 Å². The molecule has 0 spiro atoms. The summed E-state index contributed by atoms with van der Waals surface area (Å²) >= 11 is 3.43. The lowest BCUT2D eigenvalue weighted by Crippen LogP contribution is -2.33. The topological polar surface area (TPSA) is 12.0 Å². The van der Waals surface area contributed by atoms with E-state index >= 15 is 0 Å². The van der Waals surface area contributed by atoms with Crippen LogP contribution in [0, 0.1) is 5.82 Å². The molecule has 2 rings (SSSR count). The van der Waals surface area contributed by atoms with E-state index in [0.29, 0.717) is 12.0 Å². The fourth-order valence-electron chi connectivity index (χ4n) is 2.77. The summed E-state index contributed by atoms with van der Waals surface area (Å²) in [4.78, 5) is 0. The number of rotatable bonds is 3. The van der Waals surface area contributed by atoms with Crippen molar-refractivity contribution in [1.82, 2.24) is 5.32 Å². The van der Waals surface area contributed by atoms with Gasteiger partial charge in [-0.15, -0.1) is 0 Å². The van der Waals surface area contributed by atoms with E-state index in [9.17, 15) is 4.39 Å². The third kappa shape index (κ3) is 3.29. The number of halogens is 2. The van der Waals surface area contributed by atoms with Crippen molar-refractivity contribution in [2.45, 2.75) is 44.6 Å². The standard InChI is InChI=1S/C14H19BrFN/c1-2-17-12-5-3-4-10(8-12)13-9-11(15)6-7-14(13)16/h6-7,9-10,12,17H,2-5,8H2,1H3. The van der Waals surface area contributed by atoms with E-state index in [1.807, 2.05) is 6.07 Å². The molecule has 0 aliphatic heterocycles. The molecule has 1 aromatic rings. The maximum atomic E-state index is 13.8. The summed E-state index contributed by atoms with van der Waals surface area (Å²) in [5, 5.41) is 3.48. The highest BCUT2D eigenvalue weighted by Gasteiger charge is 2.24. The predicted molar refractivity (Wildman–Crippen MR) is 72.8 cm³/mol. The Bertz CT molecular complexity index is 378. The van der Waals surface area contributed by atoms with Crippen LogP contribution in [0.5, 0.6) is 0 Å². The van der Waals surface area contributed by atoms with Crippen molar-refractivity contribution in [3.05, 3.63) is 34.1 Å². The van der Waals surface area contributed by atoms with Gasteiger partial charge in [0.1, 0.15) is 5.82 Å². The fraction of sp³-hybridized carbons (Fsp3) is 0.571. The number of hydrogen-bond acceptors (Lipinski definition) is 1.